The van der Waals surface area contributed by atoms with Gasteiger partial charge in [0.25, 0.3) is 0 Å². The summed E-state index contributed by atoms with van der Waals surface area (Å²) in [6.45, 7) is 8.50. The lowest BCUT2D eigenvalue weighted by Crippen LogP contribution is -2.60. The van der Waals surface area contributed by atoms with Gasteiger partial charge in [-0.05, 0) is 55.8 Å². The van der Waals surface area contributed by atoms with Crippen LogP contribution in [0.4, 0.5) is 0 Å². The van der Waals surface area contributed by atoms with Gasteiger partial charge < -0.3 is 19.6 Å². The summed E-state index contributed by atoms with van der Waals surface area (Å²) in [5, 5.41) is 7.22. The van der Waals surface area contributed by atoms with Gasteiger partial charge in [-0.1, -0.05) is 37.5 Å². The minimum Gasteiger partial charge on any atom is -0.360 e. The number of nitrogens with zero attached hydrogens (tertiary/aromatic N) is 3. The number of fused-ring (bicyclic) bond motifs is 4. The average molecular weight is 521 g/mol. The molecule has 5 atom stereocenters. The number of rotatable bonds is 4. The number of amides is 3. The van der Waals surface area contributed by atoms with E-state index in [-0.39, 0.29) is 41.6 Å². The molecule has 3 aliphatic rings. The third-order valence-electron chi connectivity index (χ3n) is 8.31. The molecular formula is C27H41ClN4O4. The van der Waals surface area contributed by atoms with Gasteiger partial charge in [-0.15, -0.1) is 0 Å². The first-order valence-corrected chi connectivity index (χ1v) is 14.0. The molecule has 1 aromatic heterocycles. The van der Waals surface area contributed by atoms with Crippen molar-refractivity contribution in [3.63, 3.8) is 0 Å². The van der Waals surface area contributed by atoms with E-state index in [9.17, 15) is 14.4 Å². The van der Waals surface area contributed by atoms with Gasteiger partial charge in [0.1, 0.15) is 5.76 Å². The lowest BCUT2D eigenvalue weighted by atomic mass is 9.77. The maximum atomic E-state index is 13.5. The summed E-state index contributed by atoms with van der Waals surface area (Å²) in [5.41, 5.74) is 0. The molecule has 0 radical (unpaired) electrons. The number of nitrogens with one attached hydrogen (secondary N) is 1. The second-order valence-electron chi connectivity index (χ2n) is 11.6. The van der Waals surface area contributed by atoms with Gasteiger partial charge in [0.05, 0.1) is 0 Å². The van der Waals surface area contributed by atoms with Crippen molar-refractivity contribution in [3.05, 3.63) is 17.0 Å². The smallest absolute Gasteiger partial charge is 0.223 e. The molecule has 3 saturated heterocycles. The highest BCUT2D eigenvalue weighted by atomic mass is 35.5. The van der Waals surface area contributed by atoms with Gasteiger partial charge >= 0.3 is 0 Å². The van der Waals surface area contributed by atoms with Crippen LogP contribution in [0, 0.1) is 23.7 Å². The zero-order valence-electron chi connectivity index (χ0n) is 21.9. The van der Waals surface area contributed by atoms with Crippen LogP contribution in [-0.4, -0.2) is 64.4 Å². The molecule has 2 bridgehead atoms. The third-order valence-corrected chi connectivity index (χ3v) is 8.48. The van der Waals surface area contributed by atoms with Crippen LogP contribution in [0.1, 0.15) is 77.9 Å². The topological polar surface area (TPSA) is 95.8 Å². The predicted octanol–water partition coefficient (Wildman–Crippen LogP) is 4.07. The van der Waals surface area contributed by atoms with Crippen LogP contribution in [0.25, 0.3) is 0 Å². The molecule has 0 aromatic carbocycles. The van der Waals surface area contributed by atoms with Gasteiger partial charge in [-0.3, -0.25) is 14.4 Å². The van der Waals surface area contributed by atoms with Crippen molar-refractivity contribution >= 4 is 29.3 Å². The first-order valence-electron chi connectivity index (χ1n) is 13.7. The van der Waals surface area contributed by atoms with Crippen molar-refractivity contribution < 1.29 is 18.9 Å². The van der Waals surface area contributed by atoms with Crippen LogP contribution in [0.15, 0.2) is 10.6 Å². The number of likely N-dealkylation sites (tertiary alicyclic amines) is 1. The maximum Gasteiger partial charge on any atom is 0.223 e. The van der Waals surface area contributed by atoms with E-state index in [2.05, 4.69) is 36.1 Å². The van der Waals surface area contributed by atoms with Crippen LogP contribution in [-0.2, 0) is 20.8 Å². The summed E-state index contributed by atoms with van der Waals surface area (Å²) in [6.07, 6.45) is 6.29. The number of hydrogen-bond donors (Lipinski definition) is 1. The molecule has 0 spiro atoms. The lowest BCUT2D eigenvalue weighted by Gasteiger charge is -2.51. The largest absolute Gasteiger partial charge is 0.360 e. The standard InChI is InChI=1S/C27H41ClN4O4/c1-17(2)22-9-7-18(3)11-27(35)32-15-19-12-20(23(32)5-4-6-25(33)29-22)16-31(14-19)26(34)10-8-21-13-24(28)30-36-21/h13,17-20,22-23H,4-12,14-16H2,1-3H3,(H,29,33)/t18-,19+,20+,22+,23+/m1/s1. The number of halogens is 1. The van der Waals surface area contributed by atoms with E-state index in [1.165, 1.54) is 0 Å². The van der Waals surface area contributed by atoms with Crippen LogP contribution >= 0.6 is 11.6 Å². The lowest BCUT2D eigenvalue weighted by molar-refractivity contribution is -0.146. The van der Waals surface area contributed by atoms with Crippen molar-refractivity contribution in [2.75, 3.05) is 19.6 Å². The summed E-state index contributed by atoms with van der Waals surface area (Å²) < 4.78 is 5.14. The molecule has 0 unspecified atom stereocenters. The summed E-state index contributed by atoms with van der Waals surface area (Å²) in [4.78, 5) is 43.3. The van der Waals surface area contributed by atoms with Crippen molar-refractivity contribution in [2.24, 2.45) is 23.7 Å². The molecule has 3 amide bonds. The summed E-state index contributed by atoms with van der Waals surface area (Å²) >= 11 is 5.82. The Morgan fingerprint density at radius 3 is 2.75 bits per heavy atom. The Labute approximate surface area is 219 Å². The number of carbonyl (C=O) groups excluding carboxylic acids is 3. The Hall–Kier alpha value is -2.09. The van der Waals surface area contributed by atoms with Crippen molar-refractivity contribution in [1.29, 1.82) is 0 Å². The fraction of sp³-hybridized carbons (Fsp3) is 0.778. The number of aryl methyl sites for hydroxylation is 1. The quantitative estimate of drug-likeness (QED) is 0.645. The summed E-state index contributed by atoms with van der Waals surface area (Å²) in [7, 11) is 0. The van der Waals surface area contributed by atoms with Crippen molar-refractivity contribution in [2.45, 2.75) is 90.6 Å². The number of aromatic nitrogens is 1. The van der Waals surface area contributed by atoms with E-state index in [4.69, 9.17) is 16.1 Å². The third kappa shape index (κ3) is 6.81. The molecule has 36 heavy (non-hydrogen) atoms. The van der Waals surface area contributed by atoms with Gasteiger partial charge in [0.2, 0.25) is 17.7 Å². The van der Waals surface area contributed by atoms with Crippen molar-refractivity contribution in [3.8, 4) is 0 Å². The molecule has 4 rings (SSSR count). The maximum absolute atomic E-state index is 13.5. The molecular weight excluding hydrogens is 480 g/mol. The molecule has 9 heteroatoms. The van der Waals surface area contributed by atoms with Crippen LogP contribution < -0.4 is 5.32 Å². The molecule has 4 heterocycles. The SMILES string of the molecule is CC(C)[C@@H]1CC[C@@H](C)CC(=O)N2C[C@H]3C[C@@H](CN(C(=O)CCc4cc(Cl)no4)C3)[C@@H]2CCCC(=O)N1. The molecule has 8 nitrogen and oxygen atoms in total. The van der Waals surface area contributed by atoms with Gasteiger partial charge in [-0.25, -0.2) is 0 Å². The first-order chi connectivity index (χ1) is 17.2. The van der Waals surface area contributed by atoms with E-state index in [1.807, 2.05) is 4.90 Å². The second-order valence-corrected chi connectivity index (χ2v) is 12.0. The molecule has 1 N–H and O–H groups in total. The molecule has 3 aliphatic heterocycles. The molecule has 1 aromatic rings. The normalized spacial score (nSPS) is 30.2. The highest BCUT2D eigenvalue weighted by Gasteiger charge is 2.43. The Morgan fingerprint density at radius 1 is 1.22 bits per heavy atom. The van der Waals surface area contributed by atoms with E-state index in [1.54, 1.807) is 6.07 Å². The van der Waals surface area contributed by atoms with Crippen LogP contribution in [0.5, 0.6) is 0 Å². The summed E-state index contributed by atoms with van der Waals surface area (Å²) in [6, 6.07) is 1.89. The fourth-order valence-electron chi connectivity index (χ4n) is 6.31. The van der Waals surface area contributed by atoms with Crippen LogP contribution in [0.3, 0.4) is 0 Å². The predicted molar refractivity (Wildman–Crippen MR) is 137 cm³/mol. The molecule has 0 saturated carbocycles. The molecule has 200 valence electrons. The number of hydrogen-bond acceptors (Lipinski definition) is 5. The highest BCUT2D eigenvalue weighted by Crippen LogP contribution is 2.37. The number of piperidine rings is 2. The monoisotopic (exact) mass is 520 g/mol. The second kappa shape index (κ2) is 12.0. The Kier molecular flexibility index (Phi) is 8.96. The Morgan fingerprint density at radius 2 is 2.03 bits per heavy atom. The highest BCUT2D eigenvalue weighted by molar-refractivity contribution is 6.29. The Balaban J connectivity index is 1.43. The summed E-state index contributed by atoms with van der Waals surface area (Å²) in [5.74, 6) is 2.27. The van der Waals surface area contributed by atoms with E-state index in [0.29, 0.717) is 68.1 Å². The Bertz CT molecular complexity index is 935. The molecule has 0 aliphatic carbocycles. The van der Waals surface area contributed by atoms with Gasteiger partial charge in [0, 0.05) is 63.5 Å². The van der Waals surface area contributed by atoms with Crippen LogP contribution in [0.2, 0.25) is 5.15 Å². The van der Waals surface area contributed by atoms with E-state index < -0.39 is 0 Å². The minimum absolute atomic E-state index is 0.0825. The zero-order chi connectivity index (χ0) is 25.8. The van der Waals surface area contributed by atoms with Crippen molar-refractivity contribution in [1.82, 2.24) is 20.3 Å². The zero-order valence-corrected chi connectivity index (χ0v) is 22.6. The van der Waals surface area contributed by atoms with E-state index >= 15 is 0 Å². The first kappa shape index (κ1) is 27.0. The van der Waals surface area contributed by atoms with Gasteiger partial charge in [0.15, 0.2) is 5.15 Å². The van der Waals surface area contributed by atoms with Gasteiger partial charge in [-0.2, -0.15) is 0 Å². The molecule has 3 fully saturated rings. The number of carbonyl (C=O) groups is 3. The minimum atomic E-state index is 0.0825. The van der Waals surface area contributed by atoms with E-state index in [0.717, 1.165) is 32.1 Å². The average Bonchev–Trinajstić information content (AvgIpc) is 3.25. The fourth-order valence-corrected chi connectivity index (χ4v) is 6.46.